The van der Waals surface area contributed by atoms with Crippen molar-refractivity contribution >= 4 is 0 Å². The molecule has 1 aromatic heterocycles. The van der Waals surface area contributed by atoms with Gasteiger partial charge in [0.15, 0.2) is 5.82 Å². The van der Waals surface area contributed by atoms with Gasteiger partial charge in [0.2, 0.25) is 5.89 Å². The molecular weight excluding hydrogens is 257 g/mol. The summed E-state index contributed by atoms with van der Waals surface area (Å²) in [7, 11) is 0. The molecular formula is C15H18FN3O. The molecule has 1 fully saturated rings. The zero-order chi connectivity index (χ0) is 13.9. The van der Waals surface area contributed by atoms with Crippen molar-refractivity contribution < 1.29 is 8.91 Å². The maximum Gasteiger partial charge on any atom is 0.229 e. The minimum atomic E-state index is -0.230. The highest BCUT2D eigenvalue weighted by atomic mass is 19.1. The Bertz CT molecular complexity index is 567. The Kier molecular flexibility index (Phi) is 3.78. The Morgan fingerprint density at radius 2 is 2.15 bits per heavy atom. The van der Waals surface area contributed by atoms with E-state index in [0.29, 0.717) is 24.2 Å². The molecule has 3 rings (SSSR count). The number of hydrogen-bond donors (Lipinski definition) is 1. The lowest BCUT2D eigenvalue weighted by Crippen LogP contribution is -2.34. The van der Waals surface area contributed by atoms with Gasteiger partial charge >= 0.3 is 0 Å². The van der Waals surface area contributed by atoms with Crippen molar-refractivity contribution in [3.05, 3.63) is 47.4 Å². The van der Waals surface area contributed by atoms with E-state index in [4.69, 9.17) is 4.52 Å². The third kappa shape index (κ3) is 3.04. The summed E-state index contributed by atoms with van der Waals surface area (Å²) >= 11 is 0. The molecule has 1 saturated heterocycles. The molecule has 2 heterocycles. The van der Waals surface area contributed by atoms with Gasteiger partial charge in [0, 0.05) is 18.4 Å². The molecule has 5 heteroatoms. The van der Waals surface area contributed by atoms with Gasteiger partial charge < -0.3 is 9.84 Å². The van der Waals surface area contributed by atoms with Crippen LogP contribution in [-0.2, 0) is 6.42 Å². The minimum absolute atomic E-state index is 0.230. The van der Waals surface area contributed by atoms with Crippen molar-refractivity contribution in [2.75, 3.05) is 6.54 Å². The van der Waals surface area contributed by atoms with Crippen LogP contribution in [0.15, 0.2) is 28.8 Å². The van der Waals surface area contributed by atoms with E-state index in [1.54, 1.807) is 12.1 Å². The normalized spacial score (nSPS) is 22.9. The number of hydrogen-bond acceptors (Lipinski definition) is 4. The van der Waals surface area contributed by atoms with Crippen molar-refractivity contribution in [2.45, 2.75) is 38.1 Å². The first-order chi connectivity index (χ1) is 9.70. The molecule has 0 aliphatic carbocycles. The smallest absolute Gasteiger partial charge is 0.229 e. The quantitative estimate of drug-likeness (QED) is 0.935. The molecule has 2 unspecified atom stereocenters. The van der Waals surface area contributed by atoms with Gasteiger partial charge in [0.25, 0.3) is 0 Å². The second-order valence-electron chi connectivity index (χ2n) is 5.43. The van der Waals surface area contributed by atoms with Gasteiger partial charge in [0.1, 0.15) is 5.82 Å². The van der Waals surface area contributed by atoms with Crippen LogP contribution >= 0.6 is 0 Å². The second-order valence-corrected chi connectivity index (χ2v) is 5.43. The largest absolute Gasteiger partial charge is 0.339 e. The lowest BCUT2D eigenvalue weighted by Gasteiger charge is -2.25. The second kappa shape index (κ2) is 5.71. The number of nitrogens with one attached hydrogen (secondary N) is 1. The predicted octanol–water partition coefficient (Wildman–Crippen LogP) is 2.66. The molecule has 0 radical (unpaired) electrons. The topological polar surface area (TPSA) is 51.0 Å². The summed E-state index contributed by atoms with van der Waals surface area (Å²) in [5.74, 6) is 1.51. The molecule has 1 aliphatic rings. The van der Waals surface area contributed by atoms with Gasteiger partial charge in [-0.3, -0.25) is 0 Å². The SMILES string of the molecule is CC1CC(c2nc(Cc3ccc(F)cc3)no2)CCN1. The number of benzene rings is 1. The maximum atomic E-state index is 12.9. The fourth-order valence-electron chi connectivity index (χ4n) is 2.65. The van der Waals surface area contributed by atoms with Crippen molar-refractivity contribution in [1.29, 1.82) is 0 Å². The van der Waals surface area contributed by atoms with E-state index < -0.39 is 0 Å². The number of aromatic nitrogens is 2. The molecule has 1 N–H and O–H groups in total. The predicted molar refractivity (Wildman–Crippen MR) is 72.9 cm³/mol. The molecule has 1 aromatic carbocycles. The molecule has 4 nitrogen and oxygen atoms in total. The Morgan fingerprint density at radius 1 is 1.35 bits per heavy atom. The minimum Gasteiger partial charge on any atom is -0.339 e. The molecule has 2 aromatic rings. The molecule has 0 bridgehead atoms. The highest BCUT2D eigenvalue weighted by molar-refractivity contribution is 5.19. The number of halogens is 1. The zero-order valence-corrected chi connectivity index (χ0v) is 11.5. The van der Waals surface area contributed by atoms with Crippen molar-refractivity contribution in [3.8, 4) is 0 Å². The van der Waals surface area contributed by atoms with E-state index in [0.717, 1.165) is 30.8 Å². The van der Waals surface area contributed by atoms with Gasteiger partial charge in [-0.15, -0.1) is 0 Å². The van der Waals surface area contributed by atoms with Gasteiger partial charge in [0.05, 0.1) is 0 Å². The molecule has 20 heavy (non-hydrogen) atoms. The van der Waals surface area contributed by atoms with Crippen molar-refractivity contribution in [1.82, 2.24) is 15.5 Å². The highest BCUT2D eigenvalue weighted by Crippen LogP contribution is 2.26. The van der Waals surface area contributed by atoms with E-state index in [-0.39, 0.29) is 5.82 Å². The summed E-state index contributed by atoms with van der Waals surface area (Å²) in [6, 6.07) is 6.88. The monoisotopic (exact) mass is 275 g/mol. The van der Waals surface area contributed by atoms with Crippen LogP contribution in [0.3, 0.4) is 0 Å². The third-order valence-electron chi connectivity index (χ3n) is 3.73. The highest BCUT2D eigenvalue weighted by Gasteiger charge is 2.24. The average molecular weight is 275 g/mol. The van der Waals surface area contributed by atoms with E-state index >= 15 is 0 Å². The van der Waals surface area contributed by atoms with Crippen LogP contribution in [0, 0.1) is 5.82 Å². The molecule has 0 saturated carbocycles. The first kappa shape index (κ1) is 13.2. The summed E-state index contributed by atoms with van der Waals surface area (Å²) < 4.78 is 18.2. The molecule has 0 amide bonds. The molecule has 1 aliphatic heterocycles. The first-order valence-electron chi connectivity index (χ1n) is 7.01. The van der Waals surface area contributed by atoms with E-state index in [1.807, 2.05) is 0 Å². The van der Waals surface area contributed by atoms with E-state index in [2.05, 4.69) is 22.4 Å². The molecule has 106 valence electrons. The van der Waals surface area contributed by atoms with Crippen molar-refractivity contribution in [3.63, 3.8) is 0 Å². The average Bonchev–Trinajstić information content (AvgIpc) is 2.90. The summed E-state index contributed by atoms with van der Waals surface area (Å²) in [5, 5.41) is 7.44. The summed E-state index contributed by atoms with van der Waals surface area (Å²) in [6.45, 7) is 3.16. The van der Waals surface area contributed by atoms with Crippen molar-refractivity contribution in [2.24, 2.45) is 0 Å². The number of rotatable bonds is 3. The first-order valence-corrected chi connectivity index (χ1v) is 7.01. The lowest BCUT2D eigenvalue weighted by molar-refractivity contribution is 0.294. The fraction of sp³-hybridized carbons (Fsp3) is 0.467. The Balaban J connectivity index is 1.68. The maximum absolute atomic E-state index is 12.9. The Labute approximate surface area is 117 Å². The van der Waals surface area contributed by atoms with Crippen LogP contribution in [-0.4, -0.2) is 22.7 Å². The lowest BCUT2D eigenvalue weighted by atomic mass is 9.93. The number of piperidine rings is 1. The standard InChI is InChI=1S/C15H18FN3O/c1-10-8-12(6-7-17-10)15-18-14(19-20-15)9-11-2-4-13(16)5-3-11/h2-5,10,12,17H,6-9H2,1H3. The van der Waals surface area contributed by atoms with Gasteiger partial charge in [-0.25, -0.2) is 4.39 Å². The van der Waals surface area contributed by atoms with Gasteiger partial charge in [-0.05, 0) is 44.0 Å². The Hall–Kier alpha value is -1.75. The van der Waals surface area contributed by atoms with Gasteiger partial charge in [-0.1, -0.05) is 17.3 Å². The zero-order valence-electron chi connectivity index (χ0n) is 11.5. The van der Waals surface area contributed by atoms with Crippen LogP contribution in [0.5, 0.6) is 0 Å². The number of nitrogens with zero attached hydrogens (tertiary/aromatic N) is 2. The van der Waals surface area contributed by atoms with E-state index in [9.17, 15) is 4.39 Å². The van der Waals surface area contributed by atoms with Gasteiger partial charge in [-0.2, -0.15) is 4.98 Å². The Morgan fingerprint density at radius 3 is 2.90 bits per heavy atom. The van der Waals surface area contributed by atoms with Crippen LogP contribution in [0.1, 0.15) is 43.0 Å². The molecule has 0 spiro atoms. The van der Waals surface area contributed by atoms with Crippen LogP contribution < -0.4 is 5.32 Å². The van der Waals surface area contributed by atoms with Crippen LogP contribution in [0.25, 0.3) is 0 Å². The van der Waals surface area contributed by atoms with E-state index in [1.165, 1.54) is 12.1 Å². The summed E-state index contributed by atoms with van der Waals surface area (Å²) in [6.07, 6.45) is 2.63. The van der Waals surface area contributed by atoms with Crippen LogP contribution in [0.4, 0.5) is 4.39 Å². The fourth-order valence-corrected chi connectivity index (χ4v) is 2.65. The summed E-state index contributed by atoms with van der Waals surface area (Å²) in [5.41, 5.74) is 0.984. The third-order valence-corrected chi connectivity index (χ3v) is 3.73. The summed E-state index contributed by atoms with van der Waals surface area (Å²) in [4.78, 5) is 4.49. The molecule has 2 atom stereocenters. The van der Waals surface area contributed by atoms with Crippen LogP contribution in [0.2, 0.25) is 0 Å².